The molecule has 0 aliphatic heterocycles. The molecule has 1 fully saturated rings. The van der Waals surface area contributed by atoms with Gasteiger partial charge in [-0.2, -0.15) is 0 Å². The number of pyridine rings is 1. The Morgan fingerprint density at radius 2 is 2.11 bits per heavy atom. The maximum Gasteiger partial charge on any atom is 0.255 e. The molecule has 1 aromatic heterocycles. The van der Waals surface area contributed by atoms with Crippen LogP contribution in [0.15, 0.2) is 18.3 Å². The molecule has 19 heavy (non-hydrogen) atoms. The summed E-state index contributed by atoms with van der Waals surface area (Å²) in [5, 5.41) is 2.95. The Morgan fingerprint density at radius 1 is 1.37 bits per heavy atom. The highest BCUT2D eigenvalue weighted by atomic mass is 16.2. The van der Waals surface area contributed by atoms with Crippen molar-refractivity contribution in [3.63, 3.8) is 0 Å². The van der Waals surface area contributed by atoms with Crippen molar-refractivity contribution in [1.82, 2.24) is 9.88 Å². The summed E-state index contributed by atoms with van der Waals surface area (Å²) >= 11 is 0. The molecule has 1 heterocycles. The molecule has 1 aromatic rings. The van der Waals surface area contributed by atoms with E-state index in [1.165, 1.54) is 32.1 Å². The second kappa shape index (κ2) is 6.55. The molecule has 1 aliphatic carbocycles. The minimum Gasteiger partial charge on any atom is -0.373 e. The van der Waals surface area contributed by atoms with Gasteiger partial charge in [0.25, 0.3) is 5.91 Å². The molecule has 0 radical (unpaired) electrons. The van der Waals surface area contributed by atoms with Crippen LogP contribution < -0.4 is 5.32 Å². The minimum atomic E-state index is 0.0701. The summed E-state index contributed by atoms with van der Waals surface area (Å²) < 4.78 is 0. The van der Waals surface area contributed by atoms with Gasteiger partial charge in [-0.15, -0.1) is 0 Å². The fourth-order valence-electron chi connectivity index (χ4n) is 2.73. The third-order valence-corrected chi connectivity index (χ3v) is 3.87. The molecular weight excluding hydrogens is 238 g/mol. The molecule has 4 heteroatoms. The van der Waals surface area contributed by atoms with Gasteiger partial charge >= 0.3 is 0 Å². The van der Waals surface area contributed by atoms with Crippen LogP contribution in [0.5, 0.6) is 0 Å². The predicted molar refractivity (Wildman–Crippen MR) is 77.3 cm³/mol. The van der Waals surface area contributed by atoms with E-state index in [4.69, 9.17) is 0 Å². The molecule has 0 spiro atoms. The molecule has 1 amide bonds. The lowest BCUT2D eigenvalue weighted by Crippen LogP contribution is -2.32. The van der Waals surface area contributed by atoms with Gasteiger partial charge in [-0.1, -0.05) is 19.3 Å². The molecular formula is C15H23N3O. The number of rotatable bonds is 4. The number of amides is 1. The average molecular weight is 261 g/mol. The Bertz CT molecular complexity index is 410. The van der Waals surface area contributed by atoms with Crippen LogP contribution in [0.2, 0.25) is 0 Å². The molecule has 0 aromatic carbocycles. The number of nitrogens with zero attached hydrogens (tertiary/aromatic N) is 2. The second-order valence-electron chi connectivity index (χ2n) is 5.37. The van der Waals surface area contributed by atoms with E-state index in [0.29, 0.717) is 11.5 Å². The molecule has 2 rings (SSSR count). The molecule has 0 unspecified atom stereocenters. The van der Waals surface area contributed by atoms with Gasteiger partial charge in [0.15, 0.2) is 0 Å². The van der Waals surface area contributed by atoms with Gasteiger partial charge < -0.3 is 10.2 Å². The Kier molecular flexibility index (Phi) is 4.77. The highest BCUT2D eigenvalue weighted by molar-refractivity contribution is 5.93. The lowest BCUT2D eigenvalue weighted by molar-refractivity contribution is 0.0760. The first kappa shape index (κ1) is 13.8. The van der Waals surface area contributed by atoms with Crippen LogP contribution in [0, 0.1) is 5.92 Å². The van der Waals surface area contributed by atoms with Crippen molar-refractivity contribution in [2.45, 2.75) is 32.1 Å². The third kappa shape index (κ3) is 3.69. The molecule has 0 saturated heterocycles. The van der Waals surface area contributed by atoms with Crippen molar-refractivity contribution in [2.24, 2.45) is 5.92 Å². The smallest absolute Gasteiger partial charge is 0.255 e. The summed E-state index contributed by atoms with van der Waals surface area (Å²) in [5.41, 5.74) is 0.664. The number of carbonyl (C=O) groups excluding carboxylic acids is 1. The second-order valence-corrected chi connectivity index (χ2v) is 5.37. The van der Waals surface area contributed by atoms with E-state index in [1.807, 2.05) is 31.1 Å². The van der Waals surface area contributed by atoms with E-state index in [2.05, 4.69) is 10.3 Å². The normalized spacial score (nSPS) is 16.1. The first-order valence-corrected chi connectivity index (χ1v) is 7.10. The van der Waals surface area contributed by atoms with E-state index in [-0.39, 0.29) is 5.91 Å². The van der Waals surface area contributed by atoms with Gasteiger partial charge in [-0.3, -0.25) is 4.79 Å². The predicted octanol–water partition coefficient (Wildman–Crippen LogP) is 2.78. The number of aromatic nitrogens is 1. The topological polar surface area (TPSA) is 45.2 Å². The van der Waals surface area contributed by atoms with Crippen LogP contribution in [0.4, 0.5) is 5.82 Å². The Balaban J connectivity index is 1.93. The highest BCUT2D eigenvalue weighted by Crippen LogP contribution is 2.24. The van der Waals surface area contributed by atoms with Gasteiger partial charge in [-0.25, -0.2) is 4.98 Å². The number of carbonyl (C=O) groups is 1. The Labute approximate surface area is 115 Å². The highest BCUT2D eigenvalue weighted by Gasteiger charge is 2.19. The number of nitrogens with one attached hydrogen (secondary N) is 1. The van der Waals surface area contributed by atoms with Crippen molar-refractivity contribution in [3.05, 3.63) is 23.9 Å². The van der Waals surface area contributed by atoms with Crippen LogP contribution in [0.3, 0.4) is 0 Å². The zero-order valence-corrected chi connectivity index (χ0v) is 11.9. The zero-order chi connectivity index (χ0) is 13.7. The van der Waals surface area contributed by atoms with Gasteiger partial charge in [0.05, 0.1) is 5.56 Å². The summed E-state index contributed by atoms with van der Waals surface area (Å²) in [6.45, 7) is 0.868. The fourth-order valence-corrected chi connectivity index (χ4v) is 2.73. The number of hydrogen-bond donors (Lipinski definition) is 1. The van der Waals surface area contributed by atoms with Gasteiger partial charge in [0.2, 0.25) is 0 Å². The lowest BCUT2D eigenvalue weighted by atomic mass is 9.89. The van der Waals surface area contributed by atoms with Gasteiger partial charge in [0, 0.05) is 26.8 Å². The molecule has 0 atom stereocenters. The summed E-state index contributed by atoms with van der Waals surface area (Å²) in [4.78, 5) is 18.3. The maximum atomic E-state index is 12.3. The maximum absolute atomic E-state index is 12.3. The summed E-state index contributed by atoms with van der Waals surface area (Å²) in [6.07, 6.45) is 8.13. The summed E-state index contributed by atoms with van der Waals surface area (Å²) in [6, 6.07) is 3.67. The first-order valence-electron chi connectivity index (χ1n) is 7.10. The summed E-state index contributed by atoms with van der Waals surface area (Å²) in [7, 11) is 3.71. The van der Waals surface area contributed by atoms with Crippen LogP contribution >= 0.6 is 0 Å². The molecule has 1 aliphatic rings. The van der Waals surface area contributed by atoms with Crippen molar-refractivity contribution in [3.8, 4) is 0 Å². The largest absolute Gasteiger partial charge is 0.373 e. The zero-order valence-electron chi connectivity index (χ0n) is 11.9. The van der Waals surface area contributed by atoms with E-state index in [9.17, 15) is 4.79 Å². The quantitative estimate of drug-likeness (QED) is 0.906. The Hall–Kier alpha value is -1.58. The Morgan fingerprint density at radius 3 is 2.68 bits per heavy atom. The van der Waals surface area contributed by atoms with Crippen LogP contribution in [0.25, 0.3) is 0 Å². The molecule has 104 valence electrons. The van der Waals surface area contributed by atoms with Crippen molar-refractivity contribution >= 4 is 11.7 Å². The average Bonchev–Trinajstić information content (AvgIpc) is 2.47. The van der Waals surface area contributed by atoms with Crippen molar-refractivity contribution in [1.29, 1.82) is 0 Å². The molecule has 1 N–H and O–H groups in total. The van der Waals surface area contributed by atoms with E-state index in [0.717, 1.165) is 12.4 Å². The van der Waals surface area contributed by atoms with Crippen molar-refractivity contribution < 1.29 is 4.79 Å². The molecule has 1 saturated carbocycles. The van der Waals surface area contributed by atoms with E-state index < -0.39 is 0 Å². The monoisotopic (exact) mass is 261 g/mol. The number of anilines is 1. The third-order valence-electron chi connectivity index (χ3n) is 3.87. The standard InChI is InChI=1S/C15H23N3O/c1-16-14-9-8-13(10-17-14)15(19)18(2)11-12-6-4-3-5-7-12/h8-10,12H,3-7,11H2,1-2H3,(H,16,17). The van der Waals surface area contributed by atoms with Crippen LogP contribution in [-0.4, -0.2) is 36.4 Å². The summed E-state index contributed by atoms with van der Waals surface area (Å²) in [5.74, 6) is 1.53. The van der Waals surface area contributed by atoms with Gasteiger partial charge in [-0.05, 0) is 30.9 Å². The lowest BCUT2D eigenvalue weighted by Gasteiger charge is -2.27. The minimum absolute atomic E-state index is 0.0701. The van der Waals surface area contributed by atoms with E-state index in [1.54, 1.807) is 6.20 Å². The van der Waals surface area contributed by atoms with Crippen molar-refractivity contribution in [2.75, 3.05) is 26.0 Å². The molecule has 0 bridgehead atoms. The number of hydrogen-bond acceptors (Lipinski definition) is 3. The van der Waals surface area contributed by atoms with Crippen LogP contribution in [0.1, 0.15) is 42.5 Å². The molecule has 4 nitrogen and oxygen atoms in total. The van der Waals surface area contributed by atoms with Gasteiger partial charge in [0.1, 0.15) is 5.82 Å². The SMILES string of the molecule is CNc1ccc(C(=O)N(C)CC2CCCCC2)cn1. The fraction of sp³-hybridized carbons (Fsp3) is 0.600. The first-order chi connectivity index (χ1) is 9.20. The van der Waals surface area contributed by atoms with Crippen LogP contribution in [-0.2, 0) is 0 Å². The van der Waals surface area contributed by atoms with E-state index >= 15 is 0 Å².